The summed E-state index contributed by atoms with van der Waals surface area (Å²) < 4.78 is 25.1. The van der Waals surface area contributed by atoms with E-state index in [1.54, 1.807) is 0 Å². The van der Waals surface area contributed by atoms with E-state index in [4.69, 9.17) is 11.6 Å². The summed E-state index contributed by atoms with van der Waals surface area (Å²) in [5.41, 5.74) is 0. The van der Waals surface area contributed by atoms with Crippen LogP contribution >= 0.6 is 11.6 Å². The first-order valence-corrected chi connectivity index (χ1v) is 7.32. The second kappa shape index (κ2) is 5.48. The summed E-state index contributed by atoms with van der Waals surface area (Å²) in [4.78, 5) is 0. The van der Waals surface area contributed by atoms with Crippen LogP contribution in [-0.2, 0) is 10.0 Å². The van der Waals surface area contributed by atoms with E-state index in [1.807, 2.05) is 6.92 Å². The molecule has 1 aliphatic heterocycles. The predicted octanol–water partition coefficient (Wildman–Crippen LogP) is 0.648. The molecule has 0 spiro atoms. The van der Waals surface area contributed by atoms with E-state index < -0.39 is 16.1 Å². The molecule has 0 aromatic carbocycles. The smallest absolute Gasteiger partial charge is 0.214 e. The fraction of sp³-hybridized carbons (Fsp3) is 1.00. The number of alkyl halides is 1. The van der Waals surface area contributed by atoms with E-state index >= 15 is 0 Å². The second-order valence-corrected chi connectivity index (χ2v) is 6.51. The molecule has 0 saturated carbocycles. The van der Waals surface area contributed by atoms with Gasteiger partial charge in [-0.3, -0.25) is 0 Å². The molecule has 1 rings (SSSR count). The molecule has 2 atom stereocenters. The van der Waals surface area contributed by atoms with E-state index in [0.29, 0.717) is 18.8 Å². The van der Waals surface area contributed by atoms with Crippen LogP contribution in [-0.4, -0.2) is 48.7 Å². The molecule has 0 radical (unpaired) electrons. The van der Waals surface area contributed by atoms with Gasteiger partial charge in [0.05, 0.1) is 11.9 Å². The Balaban J connectivity index is 2.60. The molecule has 0 bridgehead atoms. The number of nitrogens with zero attached hydrogens (tertiary/aromatic N) is 1. The van der Waals surface area contributed by atoms with Gasteiger partial charge in [0.15, 0.2) is 0 Å². The summed E-state index contributed by atoms with van der Waals surface area (Å²) in [6.07, 6.45) is 0.909. The SMILES string of the molecule is CC(CCl)CS(=O)(=O)N1CCCC(O)C1. The standard InChI is InChI=1S/C9H18ClNO3S/c1-8(5-10)7-15(13,14)11-4-2-3-9(12)6-11/h8-9,12H,2-7H2,1H3. The lowest BCUT2D eigenvalue weighted by molar-refractivity contribution is 0.108. The van der Waals surface area contributed by atoms with Gasteiger partial charge in [-0.2, -0.15) is 4.31 Å². The summed E-state index contributed by atoms with van der Waals surface area (Å²) in [6, 6.07) is 0. The van der Waals surface area contributed by atoms with Crippen LogP contribution in [0.2, 0.25) is 0 Å². The first kappa shape index (κ1) is 13.2. The van der Waals surface area contributed by atoms with Gasteiger partial charge in [0, 0.05) is 19.0 Å². The first-order valence-electron chi connectivity index (χ1n) is 5.17. The molecule has 0 amide bonds. The van der Waals surface area contributed by atoms with Crippen LogP contribution in [0.5, 0.6) is 0 Å². The third kappa shape index (κ3) is 3.90. The maximum absolute atomic E-state index is 11.9. The fourth-order valence-corrected chi connectivity index (χ4v) is 3.78. The summed E-state index contributed by atoms with van der Waals surface area (Å²) in [5, 5.41) is 9.40. The highest BCUT2D eigenvalue weighted by Crippen LogP contribution is 2.16. The van der Waals surface area contributed by atoms with Crippen molar-refractivity contribution in [3.8, 4) is 0 Å². The second-order valence-electron chi connectivity index (χ2n) is 4.19. The fourth-order valence-electron chi connectivity index (χ4n) is 1.68. The Labute approximate surface area is 96.3 Å². The van der Waals surface area contributed by atoms with Crippen LogP contribution in [0.25, 0.3) is 0 Å². The Bertz CT molecular complexity index is 294. The van der Waals surface area contributed by atoms with Crippen LogP contribution in [0.15, 0.2) is 0 Å². The van der Waals surface area contributed by atoms with Crippen molar-refractivity contribution < 1.29 is 13.5 Å². The third-order valence-electron chi connectivity index (χ3n) is 2.51. The van der Waals surface area contributed by atoms with Crippen LogP contribution < -0.4 is 0 Å². The number of β-amino-alcohol motifs (C(OH)–C–C–N with tert-alkyl or cyclic N) is 1. The topological polar surface area (TPSA) is 57.6 Å². The molecule has 6 heteroatoms. The van der Waals surface area contributed by atoms with Gasteiger partial charge < -0.3 is 5.11 Å². The minimum Gasteiger partial charge on any atom is -0.392 e. The lowest BCUT2D eigenvalue weighted by Crippen LogP contribution is -2.44. The average molecular weight is 256 g/mol. The number of halogens is 1. The predicted molar refractivity (Wildman–Crippen MR) is 60.5 cm³/mol. The van der Waals surface area contributed by atoms with Gasteiger partial charge in [-0.15, -0.1) is 11.6 Å². The van der Waals surface area contributed by atoms with Crippen LogP contribution in [0.4, 0.5) is 0 Å². The van der Waals surface area contributed by atoms with Crippen molar-refractivity contribution in [2.24, 2.45) is 5.92 Å². The number of piperidine rings is 1. The number of rotatable bonds is 4. The summed E-state index contributed by atoms with van der Waals surface area (Å²) >= 11 is 5.59. The Hall–Kier alpha value is 0.160. The molecule has 1 aliphatic rings. The monoisotopic (exact) mass is 255 g/mol. The normalized spacial score (nSPS) is 26.5. The van der Waals surface area contributed by atoms with Gasteiger partial charge >= 0.3 is 0 Å². The number of aliphatic hydroxyl groups is 1. The largest absolute Gasteiger partial charge is 0.392 e. The summed E-state index contributed by atoms with van der Waals surface area (Å²) in [5.74, 6) is 0.370. The maximum atomic E-state index is 11.9. The van der Waals surface area contributed by atoms with Gasteiger partial charge in [0.25, 0.3) is 0 Å². The minimum atomic E-state index is -3.24. The van der Waals surface area contributed by atoms with E-state index in [-0.39, 0.29) is 18.2 Å². The Morgan fingerprint density at radius 2 is 2.27 bits per heavy atom. The minimum absolute atomic E-state index is 0.0456. The average Bonchev–Trinajstić information content (AvgIpc) is 2.17. The van der Waals surface area contributed by atoms with E-state index in [2.05, 4.69) is 0 Å². The molecule has 15 heavy (non-hydrogen) atoms. The Morgan fingerprint density at radius 1 is 1.60 bits per heavy atom. The van der Waals surface area contributed by atoms with Crippen molar-refractivity contribution in [1.82, 2.24) is 4.31 Å². The lowest BCUT2D eigenvalue weighted by atomic mass is 10.1. The van der Waals surface area contributed by atoms with Gasteiger partial charge in [0.1, 0.15) is 0 Å². The van der Waals surface area contributed by atoms with Gasteiger partial charge in [0.2, 0.25) is 10.0 Å². The van der Waals surface area contributed by atoms with Crippen molar-refractivity contribution >= 4 is 21.6 Å². The van der Waals surface area contributed by atoms with Crippen molar-refractivity contribution in [2.45, 2.75) is 25.9 Å². The summed E-state index contributed by atoms with van der Waals surface area (Å²) in [7, 11) is -3.24. The Morgan fingerprint density at radius 3 is 2.80 bits per heavy atom. The van der Waals surface area contributed by atoms with Crippen LogP contribution in [0.3, 0.4) is 0 Å². The molecule has 0 aromatic rings. The molecule has 0 aliphatic carbocycles. The van der Waals surface area contributed by atoms with Crippen molar-refractivity contribution in [2.75, 3.05) is 24.7 Å². The third-order valence-corrected chi connectivity index (χ3v) is 5.15. The number of aliphatic hydroxyl groups excluding tert-OH is 1. The highest BCUT2D eigenvalue weighted by Gasteiger charge is 2.28. The molecule has 1 N–H and O–H groups in total. The zero-order valence-corrected chi connectivity index (χ0v) is 10.5. The van der Waals surface area contributed by atoms with Crippen molar-refractivity contribution in [1.29, 1.82) is 0 Å². The molecule has 2 unspecified atom stereocenters. The molecule has 1 fully saturated rings. The molecule has 4 nitrogen and oxygen atoms in total. The van der Waals surface area contributed by atoms with E-state index in [1.165, 1.54) is 4.31 Å². The molecular weight excluding hydrogens is 238 g/mol. The van der Waals surface area contributed by atoms with Gasteiger partial charge in [-0.05, 0) is 18.8 Å². The van der Waals surface area contributed by atoms with Gasteiger partial charge in [-0.1, -0.05) is 6.92 Å². The first-order chi connectivity index (χ1) is 6.95. The molecule has 0 aromatic heterocycles. The molecular formula is C9H18ClNO3S. The molecule has 1 saturated heterocycles. The number of hydrogen-bond acceptors (Lipinski definition) is 3. The van der Waals surface area contributed by atoms with E-state index in [0.717, 1.165) is 6.42 Å². The van der Waals surface area contributed by atoms with Gasteiger partial charge in [-0.25, -0.2) is 8.42 Å². The highest BCUT2D eigenvalue weighted by atomic mass is 35.5. The quantitative estimate of drug-likeness (QED) is 0.751. The summed E-state index contributed by atoms with van der Waals surface area (Å²) in [6.45, 7) is 2.57. The Kier molecular flexibility index (Phi) is 4.83. The van der Waals surface area contributed by atoms with Crippen LogP contribution in [0, 0.1) is 5.92 Å². The van der Waals surface area contributed by atoms with E-state index in [9.17, 15) is 13.5 Å². The number of sulfonamides is 1. The van der Waals surface area contributed by atoms with Crippen molar-refractivity contribution in [3.63, 3.8) is 0 Å². The molecule has 90 valence electrons. The molecule has 1 heterocycles. The zero-order valence-electron chi connectivity index (χ0n) is 8.89. The van der Waals surface area contributed by atoms with Crippen LogP contribution in [0.1, 0.15) is 19.8 Å². The zero-order chi connectivity index (χ0) is 11.5. The highest BCUT2D eigenvalue weighted by molar-refractivity contribution is 7.89. The van der Waals surface area contributed by atoms with Crippen molar-refractivity contribution in [3.05, 3.63) is 0 Å². The maximum Gasteiger partial charge on any atom is 0.214 e. The number of hydrogen-bond donors (Lipinski definition) is 1. The lowest BCUT2D eigenvalue weighted by Gasteiger charge is -2.29.